The van der Waals surface area contributed by atoms with E-state index in [4.69, 9.17) is 0 Å². The lowest BCUT2D eigenvalue weighted by atomic mass is 10.1. The maximum atomic E-state index is 12.7. The SMILES string of the molecule is COC(=O)c1cc(C(=O)OC)cc(S(=O)(=O)NCc2nc3ccccc3s2)c1. The lowest BCUT2D eigenvalue weighted by molar-refractivity contribution is 0.0598. The number of carbonyl (C=O) groups is 2. The molecule has 0 aliphatic rings. The van der Waals surface area contributed by atoms with Gasteiger partial charge in [-0.05, 0) is 30.3 Å². The van der Waals surface area contributed by atoms with Crippen LogP contribution in [0.4, 0.5) is 0 Å². The third kappa shape index (κ3) is 4.19. The molecular weight excluding hydrogens is 404 g/mol. The van der Waals surface area contributed by atoms with E-state index in [1.165, 1.54) is 17.4 Å². The number of nitrogens with one attached hydrogen (secondary N) is 1. The van der Waals surface area contributed by atoms with Gasteiger partial charge in [0.25, 0.3) is 0 Å². The maximum absolute atomic E-state index is 12.7. The number of methoxy groups -OCH3 is 2. The number of rotatable bonds is 6. The lowest BCUT2D eigenvalue weighted by Crippen LogP contribution is -2.24. The molecule has 3 aromatic rings. The molecule has 0 atom stereocenters. The Morgan fingerprint density at radius 2 is 1.64 bits per heavy atom. The van der Waals surface area contributed by atoms with Crippen molar-refractivity contribution in [1.29, 1.82) is 0 Å². The van der Waals surface area contributed by atoms with Gasteiger partial charge >= 0.3 is 11.9 Å². The Labute approximate surface area is 165 Å². The summed E-state index contributed by atoms with van der Waals surface area (Å²) in [6.07, 6.45) is 0. The van der Waals surface area contributed by atoms with Crippen molar-refractivity contribution >= 4 is 43.5 Å². The van der Waals surface area contributed by atoms with E-state index in [0.29, 0.717) is 5.01 Å². The molecule has 1 N–H and O–H groups in total. The van der Waals surface area contributed by atoms with Crippen molar-refractivity contribution in [2.24, 2.45) is 0 Å². The van der Waals surface area contributed by atoms with Crippen molar-refractivity contribution in [2.45, 2.75) is 11.4 Å². The molecule has 0 saturated heterocycles. The first-order valence-electron chi connectivity index (χ1n) is 8.00. The van der Waals surface area contributed by atoms with Crippen LogP contribution in [0, 0.1) is 0 Å². The van der Waals surface area contributed by atoms with Crippen molar-refractivity contribution in [3.05, 3.63) is 58.6 Å². The first-order chi connectivity index (χ1) is 13.3. The van der Waals surface area contributed by atoms with Crippen molar-refractivity contribution < 1.29 is 27.5 Å². The molecule has 1 heterocycles. The van der Waals surface area contributed by atoms with Crippen LogP contribution in [0.3, 0.4) is 0 Å². The number of aromatic nitrogens is 1. The van der Waals surface area contributed by atoms with Crippen molar-refractivity contribution in [2.75, 3.05) is 14.2 Å². The number of carbonyl (C=O) groups excluding carboxylic acids is 2. The number of nitrogens with zero attached hydrogens (tertiary/aromatic N) is 1. The fourth-order valence-electron chi connectivity index (χ4n) is 2.46. The molecule has 0 fully saturated rings. The van der Waals surface area contributed by atoms with Gasteiger partial charge < -0.3 is 9.47 Å². The van der Waals surface area contributed by atoms with Crippen LogP contribution in [0.15, 0.2) is 47.4 Å². The van der Waals surface area contributed by atoms with E-state index in [0.717, 1.165) is 36.6 Å². The third-order valence-corrected chi connectivity index (χ3v) is 6.23. The predicted octanol–water partition coefficient (Wildman–Crippen LogP) is 2.35. The highest BCUT2D eigenvalue weighted by Gasteiger charge is 2.21. The Morgan fingerprint density at radius 3 is 2.21 bits per heavy atom. The van der Waals surface area contributed by atoms with Crippen LogP contribution in [0.1, 0.15) is 25.7 Å². The minimum Gasteiger partial charge on any atom is -0.465 e. The van der Waals surface area contributed by atoms with Crippen molar-refractivity contribution in [3.63, 3.8) is 0 Å². The molecule has 0 spiro atoms. The molecule has 0 saturated carbocycles. The molecule has 0 bridgehead atoms. The Hall–Kier alpha value is -2.82. The van der Waals surface area contributed by atoms with Gasteiger partial charge in [0.2, 0.25) is 10.0 Å². The molecule has 0 aliphatic carbocycles. The van der Waals surface area contributed by atoms with Gasteiger partial charge in [-0.25, -0.2) is 27.7 Å². The Bertz CT molecular complexity index is 1090. The van der Waals surface area contributed by atoms with E-state index in [1.807, 2.05) is 24.3 Å². The summed E-state index contributed by atoms with van der Waals surface area (Å²) in [7, 11) is -1.70. The summed E-state index contributed by atoms with van der Waals surface area (Å²) in [6.45, 7) is -0.0301. The quantitative estimate of drug-likeness (QED) is 0.609. The summed E-state index contributed by atoms with van der Waals surface area (Å²) in [6, 6.07) is 11.0. The van der Waals surface area contributed by atoms with Gasteiger partial charge in [0, 0.05) is 0 Å². The number of hydrogen-bond acceptors (Lipinski definition) is 8. The zero-order valence-corrected chi connectivity index (χ0v) is 16.6. The summed E-state index contributed by atoms with van der Waals surface area (Å²) in [4.78, 5) is 27.8. The van der Waals surface area contributed by atoms with Gasteiger partial charge in [0.15, 0.2) is 0 Å². The fraction of sp³-hybridized carbons (Fsp3) is 0.167. The first-order valence-corrected chi connectivity index (χ1v) is 10.3. The van der Waals surface area contributed by atoms with Gasteiger partial charge in [0.1, 0.15) is 5.01 Å². The standard InChI is InChI=1S/C18H16N2O6S2/c1-25-17(21)11-7-12(18(22)26-2)9-13(8-11)28(23,24)19-10-16-20-14-5-3-4-6-15(14)27-16/h3-9,19H,10H2,1-2H3. The smallest absolute Gasteiger partial charge is 0.337 e. The fourth-order valence-corrected chi connectivity index (χ4v) is 4.52. The van der Waals surface area contributed by atoms with Gasteiger partial charge in [-0.1, -0.05) is 12.1 Å². The summed E-state index contributed by atoms with van der Waals surface area (Å²) in [5, 5.41) is 0.585. The monoisotopic (exact) mass is 420 g/mol. The van der Waals surface area contributed by atoms with Gasteiger partial charge in [0.05, 0.1) is 47.0 Å². The second kappa shape index (κ2) is 8.05. The largest absolute Gasteiger partial charge is 0.465 e. The van der Waals surface area contributed by atoms with Crippen LogP contribution in [-0.4, -0.2) is 39.6 Å². The average molecular weight is 420 g/mol. The van der Waals surface area contributed by atoms with Gasteiger partial charge in [-0.15, -0.1) is 11.3 Å². The molecule has 0 amide bonds. The number of fused-ring (bicyclic) bond motifs is 1. The third-order valence-electron chi connectivity index (χ3n) is 3.81. The van der Waals surface area contributed by atoms with Crippen LogP contribution < -0.4 is 4.72 Å². The number of benzene rings is 2. The molecule has 0 unspecified atom stereocenters. The molecule has 146 valence electrons. The second-order valence-corrected chi connectivity index (χ2v) is 8.51. The zero-order valence-electron chi connectivity index (χ0n) is 15.0. The Balaban J connectivity index is 1.91. The highest BCUT2D eigenvalue weighted by Crippen LogP contribution is 2.22. The van der Waals surface area contributed by atoms with Crippen LogP contribution in [0.5, 0.6) is 0 Å². The molecule has 3 rings (SSSR count). The van der Waals surface area contributed by atoms with E-state index in [2.05, 4.69) is 19.2 Å². The normalized spacial score (nSPS) is 11.4. The molecule has 1 aromatic heterocycles. The molecule has 10 heteroatoms. The van der Waals surface area contributed by atoms with E-state index >= 15 is 0 Å². The van der Waals surface area contributed by atoms with E-state index in [-0.39, 0.29) is 22.6 Å². The number of sulfonamides is 1. The molecule has 8 nitrogen and oxygen atoms in total. The van der Waals surface area contributed by atoms with Crippen molar-refractivity contribution in [3.8, 4) is 0 Å². The molecular formula is C18H16N2O6S2. The topological polar surface area (TPSA) is 112 Å². The summed E-state index contributed by atoms with van der Waals surface area (Å²) in [5.74, 6) is -1.54. The maximum Gasteiger partial charge on any atom is 0.337 e. The molecule has 0 aliphatic heterocycles. The minimum atomic E-state index is -4.02. The van der Waals surface area contributed by atoms with Crippen molar-refractivity contribution in [1.82, 2.24) is 9.71 Å². The van der Waals surface area contributed by atoms with Gasteiger partial charge in [-0.2, -0.15) is 0 Å². The van der Waals surface area contributed by atoms with E-state index in [1.54, 1.807) is 0 Å². The van der Waals surface area contributed by atoms with E-state index < -0.39 is 22.0 Å². The predicted molar refractivity (Wildman–Crippen MR) is 103 cm³/mol. The minimum absolute atomic E-state index is 0.0301. The lowest BCUT2D eigenvalue weighted by Gasteiger charge is -2.09. The number of hydrogen-bond donors (Lipinski definition) is 1. The highest BCUT2D eigenvalue weighted by molar-refractivity contribution is 7.89. The summed E-state index contributed by atoms with van der Waals surface area (Å²) in [5.41, 5.74) is 0.624. The number of thiazole rings is 1. The molecule has 28 heavy (non-hydrogen) atoms. The number of para-hydroxylation sites is 1. The van der Waals surface area contributed by atoms with Crippen LogP contribution >= 0.6 is 11.3 Å². The highest BCUT2D eigenvalue weighted by atomic mass is 32.2. The Morgan fingerprint density at radius 1 is 1.04 bits per heavy atom. The average Bonchev–Trinajstić information content (AvgIpc) is 3.14. The zero-order chi connectivity index (χ0) is 20.3. The first kappa shape index (κ1) is 19.9. The number of esters is 2. The second-order valence-electron chi connectivity index (χ2n) is 5.63. The van der Waals surface area contributed by atoms with Crippen LogP contribution in [-0.2, 0) is 26.0 Å². The summed E-state index contributed by atoms with van der Waals surface area (Å²) >= 11 is 1.37. The van der Waals surface area contributed by atoms with Crippen LogP contribution in [0.25, 0.3) is 10.2 Å². The molecule has 2 aromatic carbocycles. The Kier molecular flexibility index (Phi) is 5.73. The molecule has 0 radical (unpaired) electrons. The van der Waals surface area contributed by atoms with Crippen LogP contribution in [0.2, 0.25) is 0 Å². The summed E-state index contributed by atoms with van der Waals surface area (Å²) < 4.78 is 38.0. The number of ether oxygens (including phenoxy) is 2. The van der Waals surface area contributed by atoms with Gasteiger partial charge in [-0.3, -0.25) is 0 Å². The van der Waals surface area contributed by atoms with E-state index in [9.17, 15) is 18.0 Å².